The van der Waals surface area contributed by atoms with Gasteiger partial charge in [0.25, 0.3) is 0 Å². The summed E-state index contributed by atoms with van der Waals surface area (Å²) in [6.07, 6.45) is 1.65. The van der Waals surface area contributed by atoms with Gasteiger partial charge in [0.15, 0.2) is 5.75 Å². The van der Waals surface area contributed by atoms with Crippen LogP contribution in [0.15, 0.2) is 65.6 Å². The van der Waals surface area contributed by atoms with Crippen LogP contribution in [0.1, 0.15) is 0 Å². The van der Waals surface area contributed by atoms with Gasteiger partial charge in [-0.1, -0.05) is 48.5 Å². The van der Waals surface area contributed by atoms with Crippen LogP contribution in [-0.2, 0) is 10.1 Å². The molecular formula is C18H13F3O3S2. The third kappa shape index (κ3) is 3.52. The third-order valence-electron chi connectivity index (χ3n) is 3.73. The summed E-state index contributed by atoms with van der Waals surface area (Å²) >= 11 is 1.12. The Kier molecular flexibility index (Phi) is 4.90. The monoisotopic (exact) mass is 398 g/mol. The van der Waals surface area contributed by atoms with E-state index in [0.717, 1.165) is 28.3 Å². The SMILES string of the molecule is CSc1c(OS(=O)(=O)C(F)(F)F)ccc2ccc(-c3ccccc3)cc12. The molecule has 0 radical (unpaired) electrons. The highest BCUT2D eigenvalue weighted by molar-refractivity contribution is 7.99. The third-order valence-corrected chi connectivity index (χ3v) is 5.53. The molecule has 136 valence electrons. The summed E-state index contributed by atoms with van der Waals surface area (Å²) in [4.78, 5) is 0.327. The Morgan fingerprint density at radius 1 is 0.923 bits per heavy atom. The molecule has 0 amide bonds. The summed E-state index contributed by atoms with van der Waals surface area (Å²) in [5.41, 5.74) is -3.68. The van der Waals surface area contributed by atoms with Gasteiger partial charge in [0, 0.05) is 0 Å². The van der Waals surface area contributed by atoms with E-state index in [1.165, 1.54) is 12.1 Å². The molecule has 0 saturated carbocycles. The van der Waals surface area contributed by atoms with Crippen molar-refractivity contribution in [2.45, 2.75) is 10.4 Å². The van der Waals surface area contributed by atoms with E-state index in [1.54, 1.807) is 6.26 Å². The lowest BCUT2D eigenvalue weighted by atomic mass is 10.0. The Labute approximate surface area is 152 Å². The molecule has 0 aliphatic carbocycles. The largest absolute Gasteiger partial charge is 0.534 e. The molecule has 8 heteroatoms. The molecule has 0 aromatic heterocycles. The number of halogens is 3. The van der Waals surface area contributed by atoms with Crippen molar-refractivity contribution in [3.05, 3.63) is 60.7 Å². The molecule has 3 aromatic carbocycles. The summed E-state index contributed by atoms with van der Waals surface area (Å²) in [7, 11) is -5.73. The highest BCUT2D eigenvalue weighted by Gasteiger charge is 2.48. The average Bonchev–Trinajstić information content (AvgIpc) is 2.60. The lowest BCUT2D eigenvalue weighted by Crippen LogP contribution is -2.28. The summed E-state index contributed by atoms with van der Waals surface area (Å²) in [6.45, 7) is 0. The maximum Gasteiger partial charge on any atom is 0.534 e. The van der Waals surface area contributed by atoms with E-state index in [0.29, 0.717) is 10.3 Å². The molecule has 3 aromatic rings. The summed E-state index contributed by atoms with van der Waals surface area (Å²) in [6, 6.07) is 17.8. The Bertz CT molecular complexity index is 1050. The average molecular weight is 398 g/mol. The molecule has 26 heavy (non-hydrogen) atoms. The van der Waals surface area contributed by atoms with Crippen molar-refractivity contribution in [1.82, 2.24) is 0 Å². The summed E-state index contributed by atoms with van der Waals surface area (Å²) in [5.74, 6) is -0.340. The number of hydrogen-bond acceptors (Lipinski definition) is 4. The fourth-order valence-electron chi connectivity index (χ4n) is 2.52. The zero-order chi connectivity index (χ0) is 18.9. The normalized spacial score (nSPS) is 12.3. The minimum absolute atomic E-state index is 0.327. The molecule has 0 fully saturated rings. The van der Waals surface area contributed by atoms with Gasteiger partial charge in [-0.3, -0.25) is 0 Å². The van der Waals surface area contributed by atoms with Gasteiger partial charge >= 0.3 is 15.6 Å². The topological polar surface area (TPSA) is 43.4 Å². The molecule has 0 N–H and O–H groups in total. The first-order valence-corrected chi connectivity index (χ1v) is 10.0. The number of benzene rings is 3. The van der Waals surface area contributed by atoms with Crippen LogP contribution < -0.4 is 4.18 Å². The van der Waals surface area contributed by atoms with Gasteiger partial charge in [-0.05, 0) is 40.3 Å². The molecule has 3 rings (SSSR count). The zero-order valence-electron chi connectivity index (χ0n) is 13.4. The summed E-state index contributed by atoms with van der Waals surface area (Å²) in [5, 5.41) is 1.39. The van der Waals surface area contributed by atoms with E-state index in [9.17, 15) is 21.6 Å². The number of thioether (sulfide) groups is 1. The van der Waals surface area contributed by atoms with Crippen LogP contribution in [0.3, 0.4) is 0 Å². The second-order valence-corrected chi connectivity index (χ2v) is 7.74. The van der Waals surface area contributed by atoms with E-state index in [2.05, 4.69) is 4.18 Å². The Balaban J connectivity index is 2.15. The van der Waals surface area contributed by atoms with E-state index >= 15 is 0 Å². The van der Waals surface area contributed by atoms with Crippen LogP contribution in [0, 0.1) is 0 Å². The predicted octanol–water partition coefficient (Wildman–Crippen LogP) is 5.46. The van der Waals surface area contributed by atoms with Crippen LogP contribution in [0.5, 0.6) is 5.75 Å². The molecular weight excluding hydrogens is 385 g/mol. The van der Waals surface area contributed by atoms with Crippen molar-refractivity contribution >= 4 is 32.7 Å². The highest BCUT2D eigenvalue weighted by Crippen LogP contribution is 2.39. The van der Waals surface area contributed by atoms with E-state index < -0.39 is 15.6 Å². The summed E-state index contributed by atoms with van der Waals surface area (Å²) < 4.78 is 65.0. The number of alkyl halides is 3. The molecule has 0 aliphatic heterocycles. The first-order chi connectivity index (χ1) is 12.2. The second-order valence-electron chi connectivity index (χ2n) is 5.38. The molecule has 0 spiro atoms. The van der Waals surface area contributed by atoms with Gasteiger partial charge in [-0.15, -0.1) is 11.8 Å². The minimum atomic E-state index is -5.73. The molecule has 0 unspecified atom stereocenters. The maximum atomic E-state index is 12.6. The van der Waals surface area contributed by atoms with Crippen molar-refractivity contribution in [3.63, 3.8) is 0 Å². The van der Waals surface area contributed by atoms with E-state index in [-0.39, 0.29) is 5.75 Å². The van der Waals surface area contributed by atoms with Crippen LogP contribution in [0.25, 0.3) is 21.9 Å². The van der Waals surface area contributed by atoms with Gasteiger partial charge < -0.3 is 4.18 Å². The van der Waals surface area contributed by atoms with Crippen molar-refractivity contribution in [1.29, 1.82) is 0 Å². The first kappa shape index (κ1) is 18.6. The molecule has 0 aliphatic rings. The number of rotatable bonds is 4. The highest BCUT2D eigenvalue weighted by atomic mass is 32.2. The molecule has 0 saturated heterocycles. The van der Waals surface area contributed by atoms with E-state index in [1.807, 2.05) is 48.5 Å². The lowest BCUT2D eigenvalue weighted by Gasteiger charge is -2.14. The van der Waals surface area contributed by atoms with Gasteiger partial charge in [-0.2, -0.15) is 21.6 Å². The smallest absolute Gasteiger partial charge is 0.375 e. The quantitative estimate of drug-likeness (QED) is 0.333. The van der Waals surface area contributed by atoms with Crippen molar-refractivity contribution in [3.8, 4) is 16.9 Å². The molecule has 0 atom stereocenters. The van der Waals surface area contributed by atoms with Crippen LogP contribution in [0.4, 0.5) is 13.2 Å². The number of hydrogen-bond donors (Lipinski definition) is 0. The van der Waals surface area contributed by atoms with Crippen molar-refractivity contribution < 1.29 is 25.8 Å². The van der Waals surface area contributed by atoms with E-state index in [4.69, 9.17) is 0 Å². The fourth-order valence-corrected chi connectivity index (χ4v) is 3.75. The Morgan fingerprint density at radius 2 is 1.58 bits per heavy atom. The maximum absolute atomic E-state index is 12.6. The second kappa shape index (κ2) is 6.85. The lowest BCUT2D eigenvalue weighted by molar-refractivity contribution is -0.0500. The first-order valence-electron chi connectivity index (χ1n) is 7.40. The van der Waals surface area contributed by atoms with Crippen LogP contribution >= 0.6 is 11.8 Å². The standard InChI is InChI=1S/C18H13F3O3S2/c1-25-17-15-11-14(12-5-3-2-4-6-12)8-7-13(15)9-10-16(17)24-26(22,23)18(19,20)21/h2-11H,1H3. The van der Waals surface area contributed by atoms with Gasteiger partial charge in [-0.25, -0.2) is 0 Å². The molecule has 0 bridgehead atoms. The predicted molar refractivity (Wildman–Crippen MR) is 96.8 cm³/mol. The Morgan fingerprint density at radius 3 is 2.19 bits per heavy atom. The van der Waals surface area contributed by atoms with Gasteiger partial charge in [0.05, 0.1) is 4.90 Å². The zero-order valence-corrected chi connectivity index (χ0v) is 15.1. The van der Waals surface area contributed by atoms with Crippen molar-refractivity contribution in [2.75, 3.05) is 6.26 Å². The number of fused-ring (bicyclic) bond motifs is 1. The van der Waals surface area contributed by atoms with Crippen LogP contribution in [0.2, 0.25) is 0 Å². The minimum Gasteiger partial charge on any atom is -0.375 e. The van der Waals surface area contributed by atoms with Crippen LogP contribution in [-0.4, -0.2) is 20.2 Å². The van der Waals surface area contributed by atoms with Gasteiger partial charge in [0.1, 0.15) is 0 Å². The molecule has 0 heterocycles. The fraction of sp³-hybridized carbons (Fsp3) is 0.111. The molecule has 3 nitrogen and oxygen atoms in total. The van der Waals surface area contributed by atoms with Crippen molar-refractivity contribution in [2.24, 2.45) is 0 Å². The van der Waals surface area contributed by atoms with Gasteiger partial charge in [0.2, 0.25) is 0 Å². The Hall–Kier alpha value is -2.19.